The molecular weight excluding hydrogens is 404 g/mol. The van der Waals surface area contributed by atoms with Gasteiger partial charge < -0.3 is 19.7 Å². The number of hydrogen-bond donors (Lipinski definition) is 1. The minimum Gasteiger partial charge on any atom is -0.490 e. The molecule has 0 aromatic heterocycles. The highest BCUT2D eigenvalue weighted by atomic mass is 16.5. The fourth-order valence-electron chi connectivity index (χ4n) is 3.09. The van der Waals surface area contributed by atoms with Gasteiger partial charge in [0.05, 0.1) is 5.56 Å². The highest BCUT2D eigenvalue weighted by molar-refractivity contribution is 6.06. The Hall–Kier alpha value is -3.80. The van der Waals surface area contributed by atoms with Crippen LogP contribution in [0, 0.1) is 0 Å². The minimum absolute atomic E-state index is 0.0711. The molecule has 0 aliphatic heterocycles. The van der Waals surface area contributed by atoms with Gasteiger partial charge >= 0.3 is 0 Å². The maximum atomic E-state index is 12.9. The summed E-state index contributed by atoms with van der Waals surface area (Å²) in [7, 11) is 3.48. The summed E-state index contributed by atoms with van der Waals surface area (Å²) < 4.78 is 11.4. The molecule has 0 aliphatic rings. The first-order valence-corrected chi connectivity index (χ1v) is 10.5. The molecule has 0 saturated heterocycles. The second kappa shape index (κ2) is 11.6. The molecule has 3 aromatic carbocycles. The van der Waals surface area contributed by atoms with E-state index in [-0.39, 0.29) is 11.8 Å². The van der Waals surface area contributed by atoms with Gasteiger partial charge in [0.25, 0.3) is 5.91 Å². The lowest BCUT2D eigenvalue weighted by atomic mass is 10.1. The Morgan fingerprint density at radius 3 is 2.34 bits per heavy atom. The van der Waals surface area contributed by atoms with Crippen molar-refractivity contribution in [1.82, 2.24) is 4.90 Å². The fraction of sp³-hybridized carbons (Fsp3) is 0.231. The quantitative estimate of drug-likeness (QED) is 0.482. The lowest BCUT2D eigenvalue weighted by molar-refractivity contribution is -0.128. The summed E-state index contributed by atoms with van der Waals surface area (Å²) in [6, 6.07) is 24.1. The molecule has 0 unspecified atom stereocenters. The molecule has 3 rings (SSSR count). The van der Waals surface area contributed by atoms with Crippen molar-refractivity contribution >= 4 is 17.5 Å². The van der Waals surface area contributed by atoms with Gasteiger partial charge in [-0.25, -0.2) is 0 Å². The molecule has 6 heteroatoms. The predicted molar refractivity (Wildman–Crippen MR) is 125 cm³/mol. The van der Waals surface area contributed by atoms with Crippen molar-refractivity contribution < 1.29 is 19.1 Å². The third-order valence-corrected chi connectivity index (χ3v) is 4.80. The number of amides is 2. The number of aryl methyl sites for hydroxylation is 1. The molecule has 0 atom stereocenters. The molecule has 6 nitrogen and oxygen atoms in total. The number of carbonyl (C=O) groups is 2. The zero-order valence-corrected chi connectivity index (χ0v) is 18.4. The van der Waals surface area contributed by atoms with Crippen molar-refractivity contribution in [2.24, 2.45) is 0 Å². The Balaban J connectivity index is 1.57. The summed E-state index contributed by atoms with van der Waals surface area (Å²) in [5.41, 5.74) is 2.10. The van der Waals surface area contributed by atoms with Gasteiger partial charge in [-0.1, -0.05) is 42.5 Å². The zero-order chi connectivity index (χ0) is 22.8. The number of rotatable bonds is 10. The van der Waals surface area contributed by atoms with Crippen LogP contribution in [0.3, 0.4) is 0 Å². The third-order valence-electron chi connectivity index (χ3n) is 4.80. The van der Waals surface area contributed by atoms with E-state index < -0.39 is 0 Å². The molecule has 0 aliphatic carbocycles. The SMILES string of the molecule is CN(C)C(=O)CCc1cccc(NC(=O)c2ccccc2OCCOc2ccccc2)c1. The van der Waals surface area contributed by atoms with E-state index in [0.717, 1.165) is 11.3 Å². The number of hydrogen-bond acceptors (Lipinski definition) is 4. The Labute approximate surface area is 188 Å². The van der Waals surface area contributed by atoms with Crippen LogP contribution < -0.4 is 14.8 Å². The molecule has 1 N–H and O–H groups in total. The topological polar surface area (TPSA) is 67.9 Å². The second-order valence-electron chi connectivity index (χ2n) is 7.45. The van der Waals surface area contributed by atoms with Crippen molar-refractivity contribution in [2.45, 2.75) is 12.8 Å². The summed E-state index contributed by atoms with van der Waals surface area (Å²) in [6.45, 7) is 0.683. The molecule has 0 heterocycles. The lowest BCUT2D eigenvalue weighted by Crippen LogP contribution is -2.21. The monoisotopic (exact) mass is 432 g/mol. The molecule has 2 amide bonds. The lowest BCUT2D eigenvalue weighted by Gasteiger charge is -2.13. The molecule has 0 spiro atoms. The van der Waals surface area contributed by atoms with Crippen molar-refractivity contribution in [2.75, 3.05) is 32.6 Å². The molecule has 0 radical (unpaired) electrons. The number of nitrogens with one attached hydrogen (secondary N) is 1. The molecule has 0 bridgehead atoms. The van der Waals surface area contributed by atoms with E-state index in [2.05, 4.69) is 5.32 Å². The first-order chi connectivity index (χ1) is 15.5. The average Bonchev–Trinajstić information content (AvgIpc) is 2.81. The van der Waals surface area contributed by atoms with Gasteiger partial charge in [0.2, 0.25) is 5.91 Å². The average molecular weight is 433 g/mol. The molecule has 0 saturated carbocycles. The van der Waals surface area contributed by atoms with Gasteiger partial charge in [-0.15, -0.1) is 0 Å². The summed E-state index contributed by atoms with van der Waals surface area (Å²) in [5.74, 6) is 1.08. The van der Waals surface area contributed by atoms with Crippen molar-refractivity contribution in [3.8, 4) is 11.5 Å². The maximum absolute atomic E-state index is 12.9. The normalized spacial score (nSPS) is 10.3. The highest BCUT2D eigenvalue weighted by Crippen LogP contribution is 2.21. The fourth-order valence-corrected chi connectivity index (χ4v) is 3.09. The highest BCUT2D eigenvalue weighted by Gasteiger charge is 2.13. The summed E-state index contributed by atoms with van der Waals surface area (Å²) in [5, 5.41) is 2.92. The molecule has 166 valence electrons. The van der Waals surface area contributed by atoms with Crippen LogP contribution in [0.4, 0.5) is 5.69 Å². The van der Waals surface area contributed by atoms with Gasteiger partial charge in [0.1, 0.15) is 24.7 Å². The van der Waals surface area contributed by atoms with E-state index in [1.54, 1.807) is 37.2 Å². The van der Waals surface area contributed by atoms with Gasteiger partial charge in [0.15, 0.2) is 0 Å². The van der Waals surface area contributed by atoms with Crippen LogP contribution >= 0.6 is 0 Å². The molecule has 0 fully saturated rings. The number of benzene rings is 3. The van der Waals surface area contributed by atoms with Gasteiger partial charge in [0, 0.05) is 26.2 Å². The van der Waals surface area contributed by atoms with E-state index in [1.807, 2.05) is 60.7 Å². The number of para-hydroxylation sites is 2. The Morgan fingerprint density at radius 2 is 1.56 bits per heavy atom. The van der Waals surface area contributed by atoms with Gasteiger partial charge in [-0.05, 0) is 48.4 Å². The predicted octanol–water partition coefficient (Wildman–Crippen LogP) is 4.42. The Kier molecular flexibility index (Phi) is 8.26. The number of carbonyl (C=O) groups excluding carboxylic acids is 2. The first kappa shape index (κ1) is 22.9. The standard InChI is InChI=1S/C26H28N2O4/c1-28(2)25(29)16-15-20-9-8-10-21(19-20)27-26(30)23-13-6-7-14-24(23)32-18-17-31-22-11-4-3-5-12-22/h3-14,19H,15-18H2,1-2H3,(H,27,30). The van der Waals surface area contributed by atoms with E-state index in [4.69, 9.17) is 9.47 Å². The number of nitrogens with zero attached hydrogens (tertiary/aromatic N) is 1. The van der Waals surface area contributed by atoms with Crippen molar-refractivity contribution in [1.29, 1.82) is 0 Å². The van der Waals surface area contributed by atoms with E-state index in [0.29, 0.717) is 43.1 Å². The van der Waals surface area contributed by atoms with Crippen LogP contribution in [0.1, 0.15) is 22.3 Å². The Morgan fingerprint density at radius 1 is 0.844 bits per heavy atom. The summed E-state index contributed by atoms with van der Waals surface area (Å²) >= 11 is 0. The third kappa shape index (κ3) is 6.87. The zero-order valence-electron chi connectivity index (χ0n) is 18.4. The van der Waals surface area contributed by atoms with Crippen LogP contribution in [0.2, 0.25) is 0 Å². The van der Waals surface area contributed by atoms with Crippen LogP contribution in [0.25, 0.3) is 0 Å². The smallest absolute Gasteiger partial charge is 0.259 e. The maximum Gasteiger partial charge on any atom is 0.259 e. The summed E-state index contributed by atoms with van der Waals surface area (Å²) in [4.78, 5) is 26.3. The van der Waals surface area contributed by atoms with Crippen LogP contribution in [0.15, 0.2) is 78.9 Å². The summed E-state index contributed by atoms with van der Waals surface area (Å²) in [6.07, 6.45) is 1.04. The van der Waals surface area contributed by atoms with Crippen molar-refractivity contribution in [3.05, 3.63) is 90.0 Å². The van der Waals surface area contributed by atoms with E-state index in [1.165, 1.54) is 0 Å². The Bertz CT molecular complexity index is 1030. The number of anilines is 1. The first-order valence-electron chi connectivity index (χ1n) is 10.5. The second-order valence-corrected chi connectivity index (χ2v) is 7.45. The minimum atomic E-state index is -0.258. The number of ether oxygens (including phenoxy) is 2. The largest absolute Gasteiger partial charge is 0.490 e. The van der Waals surface area contributed by atoms with E-state index >= 15 is 0 Å². The molecule has 3 aromatic rings. The van der Waals surface area contributed by atoms with Crippen LogP contribution in [-0.2, 0) is 11.2 Å². The van der Waals surface area contributed by atoms with Crippen LogP contribution in [-0.4, -0.2) is 44.0 Å². The molecule has 32 heavy (non-hydrogen) atoms. The van der Waals surface area contributed by atoms with Gasteiger partial charge in [-0.2, -0.15) is 0 Å². The van der Waals surface area contributed by atoms with Crippen molar-refractivity contribution in [3.63, 3.8) is 0 Å². The van der Waals surface area contributed by atoms with Gasteiger partial charge in [-0.3, -0.25) is 9.59 Å². The molecular formula is C26H28N2O4. The van der Waals surface area contributed by atoms with E-state index in [9.17, 15) is 9.59 Å². The van der Waals surface area contributed by atoms with Crippen LogP contribution in [0.5, 0.6) is 11.5 Å².